The van der Waals surface area contributed by atoms with Crippen LogP contribution in [0.2, 0.25) is 0 Å². The van der Waals surface area contributed by atoms with Gasteiger partial charge in [-0.1, -0.05) is 30.8 Å². The first-order valence-electron chi connectivity index (χ1n) is 23.5. The van der Waals surface area contributed by atoms with Gasteiger partial charge in [0.05, 0.1) is 24.5 Å². The van der Waals surface area contributed by atoms with E-state index in [1.54, 1.807) is 24.3 Å². The van der Waals surface area contributed by atoms with E-state index in [-0.39, 0.29) is 76.6 Å². The van der Waals surface area contributed by atoms with Crippen LogP contribution in [0.1, 0.15) is 146 Å². The van der Waals surface area contributed by atoms with E-state index in [4.69, 9.17) is 6.57 Å². The Labute approximate surface area is 424 Å². The second-order valence-corrected chi connectivity index (χ2v) is 17.8. The SMILES string of the molecule is CC(=O)c1ccc2c(c1C)CC[C@@H]2NC(=O)c1cc(C(=O)NCc2ccnc(F)c2)nc2c(F)cnn12.[C-]#[N+]c1cc(CNC(=O)c2cc(C(=O)N[C@H]3CCc4c3ccc(C(C)=O)c4C)n3ncc(F)c3n2)ccn1. The molecule has 75 heavy (non-hydrogen) atoms. The fourth-order valence-electron chi connectivity index (χ4n) is 9.45. The number of carbonyl (C=O) groups excluding carboxylic acids is 6. The zero-order valence-electron chi connectivity index (χ0n) is 40.6. The van der Waals surface area contributed by atoms with Gasteiger partial charge in [0.15, 0.2) is 34.5 Å². The van der Waals surface area contributed by atoms with Gasteiger partial charge in [-0.2, -0.15) is 14.6 Å². The molecule has 0 saturated carbocycles. The predicted octanol–water partition coefficient (Wildman–Crippen LogP) is 6.93. The molecule has 4 N–H and O–H groups in total. The third kappa shape index (κ3) is 10.3. The van der Waals surface area contributed by atoms with Gasteiger partial charge in [0.25, 0.3) is 29.4 Å². The van der Waals surface area contributed by atoms with Gasteiger partial charge in [0.1, 0.15) is 29.0 Å². The standard InChI is InChI=1S/C27H22FN7O3.C26H22F2N6O3/c1-14-17(15(2)36)4-5-19-18(14)6-7-21(19)34-27(38)23-11-22(33-25-20(28)13-32-35(23)25)26(37)31-12-16-8-9-30-24(10-16)29-3;1-13-16(14(2)35)3-4-18-17(13)5-6-20(18)33-26(37)22-10-21(32-24-19(27)12-31-34(22)24)25(36)30-11-15-7-8-29-23(28)9-15/h4-5,8-11,13,21H,6-7,12H2,1-2H3,(H,31,37)(H,34,38);3-4,7-10,12,20H,5-6,11H2,1-2H3,(H,30,36)(H,33,37)/t21-;20-/m00/s1. The highest BCUT2D eigenvalue weighted by atomic mass is 19.1. The number of carbonyl (C=O) groups is 6. The van der Waals surface area contributed by atoms with Gasteiger partial charge in [-0.25, -0.2) is 32.8 Å². The highest BCUT2D eigenvalue weighted by Crippen LogP contribution is 2.36. The number of pyridine rings is 2. The van der Waals surface area contributed by atoms with Crippen molar-refractivity contribution in [3.63, 3.8) is 0 Å². The molecule has 378 valence electrons. The predicted molar refractivity (Wildman–Crippen MR) is 262 cm³/mol. The number of halogens is 3. The highest BCUT2D eigenvalue weighted by Gasteiger charge is 2.31. The van der Waals surface area contributed by atoms with E-state index in [1.807, 2.05) is 26.0 Å². The normalized spacial score (nSPS) is 14.3. The summed E-state index contributed by atoms with van der Waals surface area (Å²) < 4.78 is 44.3. The van der Waals surface area contributed by atoms with E-state index in [2.05, 4.69) is 56.2 Å². The van der Waals surface area contributed by atoms with Crippen molar-refractivity contribution >= 4 is 52.3 Å². The first-order chi connectivity index (χ1) is 36.0. The number of nitrogens with one attached hydrogen (secondary N) is 4. The topological polar surface area (TPSA) is 241 Å². The highest BCUT2D eigenvalue weighted by molar-refractivity contribution is 6.00. The Balaban J connectivity index is 0.000000184. The van der Waals surface area contributed by atoms with Crippen LogP contribution in [0, 0.1) is 38.0 Å². The molecule has 22 heteroatoms. The molecule has 6 heterocycles. The van der Waals surface area contributed by atoms with Gasteiger partial charge in [0.2, 0.25) is 5.95 Å². The molecule has 8 aromatic rings. The molecule has 2 aromatic carbocycles. The van der Waals surface area contributed by atoms with Crippen LogP contribution in [-0.2, 0) is 25.9 Å². The number of aromatic nitrogens is 8. The maximum absolute atomic E-state index is 14.4. The summed E-state index contributed by atoms with van der Waals surface area (Å²) >= 11 is 0. The maximum atomic E-state index is 14.4. The van der Waals surface area contributed by atoms with Crippen LogP contribution >= 0.6 is 0 Å². The molecule has 0 saturated heterocycles. The molecule has 0 unspecified atom stereocenters. The number of Topliss-reactive ketones (excluding diaryl/α,β-unsaturated/α-hetero) is 2. The Hall–Kier alpha value is -9.52. The largest absolute Gasteiger partial charge is 0.361 e. The summed E-state index contributed by atoms with van der Waals surface area (Å²) in [4.78, 5) is 94.9. The zero-order valence-corrected chi connectivity index (χ0v) is 40.6. The fraction of sp³-hybridized carbons (Fsp3) is 0.226. The lowest BCUT2D eigenvalue weighted by Gasteiger charge is -2.16. The summed E-state index contributed by atoms with van der Waals surface area (Å²) in [5, 5.41) is 19.0. The van der Waals surface area contributed by atoms with Gasteiger partial charge in [0, 0.05) is 42.5 Å². The lowest BCUT2D eigenvalue weighted by molar-refractivity contribution is 0.0916. The zero-order chi connectivity index (χ0) is 53.2. The molecule has 4 amide bonds. The summed E-state index contributed by atoms with van der Waals surface area (Å²) in [6.07, 6.45) is 7.24. The smallest absolute Gasteiger partial charge is 0.270 e. The summed E-state index contributed by atoms with van der Waals surface area (Å²) in [5.41, 5.74) is 7.13. The van der Waals surface area contributed by atoms with Crippen LogP contribution in [0.25, 0.3) is 16.1 Å². The molecular formula is C53H44F3N13O6. The molecule has 0 spiro atoms. The Morgan fingerprint density at radius 2 is 1.08 bits per heavy atom. The minimum atomic E-state index is -0.793. The summed E-state index contributed by atoms with van der Waals surface area (Å²) in [6, 6.07) is 15.0. The minimum absolute atomic E-state index is 0.0146. The van der Waals surface area contributed by atoms with Crippen LogP contribution in [0.15, 0.2) is 85.5 Å². The Bertz CT molecular complexity index is 3740. The van der Waals surface area contributed by atoms with E-state index >= 15 is 0 Å². The Morgan fingerprint density at radius 1 is 0.627 bits per heavy atom. The number of ketones is 2. The number of fused-ring (bicyclic) bond motifs is 4. The van der Waals surface area contributed by atoms with E-state index in [0.717, 1.165) is 54.8 Å². The molecule has 0 bridgehead atoms. The van der Waals surface area contributed by atoms with Crippen molar-refractivity contribution in [2.24, 2.45) is 0 Å². The van der Waals surface area contributed by atoms with Gasteiger partial charge in [-0.3, -0.25) is 28.8 Å². The average Bonchev–Trinajstić information content (AvgIpc) is 4.20. The molecule has 2 atom stereocenters. The molecule has 19 nitrogen and oxygen atoms in total. The number of hydrogen-bond acceptors (Lipinski definition) is 12. The number of rotatable bonds is 12. The molecule has 0 fully saturated rings. The fourth-order valence-corrected chi connectivity index (χ4v) is 9.45. The van der Waals surface area contributed by atoms with Crippen molar-refractivity contribution in [2.45, 2.75) is 78.6 Å². The third-order valence-electron chi connectivity index (χ3n) is 13.2. The van der Waals surface area contributed by atoms with Crippen molar-refractivity contribution in [3.05, 3.63) is 193 Å². The first-order valence-corrected chi connectivity index (χ1v) is 23.5. The average molecular weight is 1020 g/mol. The van der Waals surface area contributed by atoms with Crippen LogP contribution in [0.3, 0.4) is 0 Å². The van der Waals surface area contributed by atoms with E-state index < -0.39 is 41.2 Å². The monoisotopic (exact) mass is 1020 g/mol. The van der Waals surface area contributed by atoms with E-state index in [0.29, 0.717) is 47.9 Å². The summed E-state index contributed by atoms with van der Waals surface area (Å²) in [5.74, 6) is -4.50. The molecule has 0 radical (unpaired) electrons. The van der Waals surface area contributed by atoms with Gasteiger partial charge in [-0.15, -0.1) is 4.98 Å². The molecule has 0 aliphatic heterocycles. The quantitative estimate of drug-likeness (QED) is 0.0553. The number of hydrogen-bond donors (Lipinski definition) is 4. The second-order valence-electron chi connectivity index (χ2n) is 17.8. The van der Waals surface area contributed by atoms with Crippen LogP contribution in [0.5, 0.6) is 0 Å². The number of benzene rings is 2. The Kier molecular flexibility index (Phi) is 14.1. The second kappa shape index (κ2) is 20.9. The summed E-state index contributed by atoms with van der Waals surface area (Å²) in [7, 11) is 0. The van der Waals surface area contributed by atoms with Crippen molar-refractivity contribution < 1.29 is 41.9 Å². The van der Waals surface area contributed by atoms with Crippen molar-refractivity contribution in [2.75, 3.05) is 0 Å². The van der Waals surface area contributed by atoms with E-state index in [9.17, 15) is 41.9 Å². The Morgan fingerprint density at radius 3 is 1.52 bits per heavy atom. The first kappa shape index (κ1) is 50.4. The van der Waals surface area contributed by atoms with Crippen molar-refractivity contribution in [3.8, 4) is 0 Å². The lowest BCUT2D eigenvalue weighted by Crippen LogP contribution is -2.30. The van der Waals surface area contributed by atoms with Crippen molar-refractivity contribution in [1.29, 1.82) is 0 Å². The van der Waals surface area contributed by atoms with Gasteiger partial charge >= 0.3 is 0 Å². The molecule has 2 aliphatic rings. The third-order valence-corrected chi connectivity index (χ3v) is 13.2. The molecular weight excluding hydrogens is 972 g/mol. The molecule has 2 aliphatic carbocycles. The van der Waals surface area contributed by atoms with E-state index in [1.165, 1.54) is 50.5 Å². The van der Waals surface area contributed by atoms with Crippen LogP contribution in [0.4, 0.5) is 19.0 Å². The van der Waals surface area contributed by atoms with Gasteiger partial charge < -0.3 is 26.1 Å². The lowest BCUT2D eigenvalue weighted by atomic mass is 9.96. The molecule has 6 aromatic heterocycles. The van der Waals surface area contributed by atoms with Crippen LogP contribution < -0.4 is 21.3 Å². The van der Waals surface area contributed by atoms with Gasteiger partial charge in [-0.05, 0) is 122 Å². The van der Waals surface area contributed by atoms with Crippen molar-refractivity contribution in [1.82, 2.24) is 60.4 Å². The summed E-state index contributed by atoms with van der Waals surface area (Å²) in [6.45, 7) is 14.0. The molecule has 10 rings (SSSR count). The maximum Gasteiger partial charge on any atom is 0.270 e. The minimum Gasteiger partial charge on any atom is -0.361 e. The number of amides is 4. The number of nitrogens with zero attached hydrogens (tertiary/aromatic N) is 9. The van der Waals surface area contributed by atoms with Crippen LogP contribution in [-0.4, -0.2) is 74.4 Å².